The van der Waals surface area contributed by atoms with E-state index >= 15 is 0 Å². The second kappa shape index (κ2) is 7.89. The Balaban J connectivity index is 2.35. The van der Waals surface area contributed by atoms with Crippen molar-refractivity contribution in [1.82, 2.24) is 0 Å². The molecule has 5 heteroatoms. The molecule has 0 aliphatic heterocycles. The Morgan fingerprint density at radius 2 is 1.95 bits per heavy atom. The zero-order valence-electron chi connectivity index (χ0n) is 11.5. The molecule has 0 aliphatic carbocycles. The summed E-state index contributed by atoms with van der Waals surface area (Å²) in [6.45, 7) is 2.09. The summed E-state index contributed by atoms with van der Waals surface area (Å²) in [6, 6.07) is 13.8. The molecule has 0 saturated carbocycles. The van der Waals surface area contributed by atoms with Gasteiger partial charge in [0.05, 0.1) is 5.02 Å². The third-order valence-corrected chi connectivity index (χ3v) is 5.82. The molecule has 1 nitrogen and oxygen atoms in total. The summed E-state index contributed by atoms with van der Waals surface area (Å²) >= 11 is 17.5. The van der Waals surface area contributed by atoms with E-state index in [1.807, 2.05) is 24.3 Å². The van der Waals surface area contributed by atoms with Gasteiger partial charge in [0.1, 0.15) is 0 Å². The fraction of sp³-hybridized carbons (Fsp3) is 0.250. The molecule has 112 valence electrons. The summed E-state index contributed by atoms with van der Waals surface area (Å²) < 4.78 is 1.05. The second-order valence-electron chi connectivity index (χ2n) is 4.74. The van der Waals surface area contributed by atoms with E-state index in [1.54, 1.807) is 17.8 Å². The molecular weight excluding hydrogens is 389 g/mol. The highest BCUT2D eigenvalue weighted by molar-refractivity contribution is 9.10. The smallest absolute Gasteiger partial charge is 0.0543 e. The zero-order valence-corrected chi connectivity index (χ0v) is 15.4. The lowest BCUT2D eigenvalue weighted by Crippen LogP contribution is -2.25. The number of benzene rings is 2. The van der Waals surface area contributed by atoms with Crippen molar-refractivity contribution in [3.05, 3.63) is 62.5 Å². The van der Waals surface area contributed by atoms with E-state index in [-0.39, 0.29) is 11.3 Å². The molecule has 0 radical (unpaired) electrons. The van der Waals surface area contributed by atoms with Crippen molar-refractivity contribution in [2.24, 2.45) is 5.73 Å². The minimum absolute atomic E-state index is 0.0411. The molecule has 2 rings (SSSR count). The Morgan fingerprint density at radius 1 is 1.19 bits per heavy atom. The Kier molecular flexibility index (Phi) is 6.45. The maximum atomic E-state index is 6.32. The van der Waals surface area contributed by atoms with E-state index in [4.69, 9.17) is 28.9 Å². The summed E-state index contributed by atoms with van der Waals surface area (Å²) in [7, 11) is 0. The number of halogens is 3. The molecule has 21 heavy (non-hydrogen) atoms. The number of hydrogen-bond donors (Lipinski definition) is 1. The van der Waals surface area contributed by atoms with Gasteiger partial charge in [0.25, 0.3) is 0 Å². The molecule has 0 amide bonds. The molecule has 0 heterocycles. The Labute approximate surface area is 148 Å². The first kappa shape index (κ1) is 17.2. The van der Waals surface area contributed by atoms with E-state index in [1.165, 1.54) is 5.56 Å². The van der Waals surface area contributed by atoms with Gasteiger partial charge >= 0.3 is 0 Å². The van der Waals surface area contributed by atoms with Gasteiger partial charge in [-0.1, -0.05) is 58.2 Å². The second-order valence-corrected chi connectivity index (χ2v) is 7.68. The van der Waals surface area contributed by atoms with Crippen molar-refractivity contribution in [3.8, 4) is 0 Å². The highest BCUT2D eigenvalue weighted by atomic mass is 79.9. The van der Waals surface area contributed by atoms with Crippen LogP contribution in [0.5, 0.6) is 0 Å². The van der Waals surface area contributed by atoms with E-state index < -0.39 is 0 Å². The summed E-state index contributed by atoms with van der Waals surface area (Å²) in [5.41, 5.74) is 7.50. The largest absolute Gasteiger partial charge is 0.326 e. The van der Waals surface area contributed by atoms with Crippen LogP contribution in [-0.4, -0.2) is 6.04 Å². The van der Waals surface area contributed by atoms with Gasteiger partial charge in [-0.3, -0.25) is 0 Å². The predicted octanol–water partition coefficient (Wildman–Crippen LogP) is 6.33. The minimum atomic E-state index is 0.0411. The van der Waals surface area contributed by atoms with Crippen LogP contribution in [0.3, 0.4) is 0 Å². The zero-order chi connectivity index (χ0) is 15.4. The standard InChI is InChI=1S/C16H16BrCl2NS/c1-2-14(20)16(10-4-3-5-11(17)8-10)21-15-9-12(18)6-7-13(15)19/h3-9,14,16H,2,20H2,1H3. The Morgan fingerprint density at radius 3 is 2.62 bits per heavy atom. The summed E-state index contributed by atoms with van der Waals surface area (Å²) in [5, 5.41) is 1.51. The van der Waals surface area contributed by atoms with Crippen LogP contribution in [-0.2, 0) is 0 Å². The third-order valence-electron chi connectivity index (χ3n) is 3.18. The van der Waals surface area contributed by atoms with Gasteiger partial charge in [0.2, 0.25) is 0 Å². The van der Waals surface area contributed by atoms with Crippen molar-refractivity contribution in [3.63, 3.8) is 0 Å². The fourth-order valence-corrected chi connectivity index (χ4v) is 4.21. The molecular formula is C16H16BrCl2NS. The number of hydrogen-bond acceptors (Lipinski definition) is 2. The molecule has 2 aromatic rings. The summed E-state index contributed by atoms with van der Waals surface area (Å²) in [4.78, 5) is 0.957. The summed E-state index contributed by atoms with van der Waals surface area (Å²) in [5.74, 6) is 0. The molecule has 0 spiro atoms. The van der Waals surface area contributed by atoms with Crippen molar-refractivity contribution < 1.29 is 0 Å². The van der Waals surface area contributed by atoms with Crippen LogP contribution < -0.4 is 5.73 Å². The van der Waals surface area contributed by atoms with Crippen molar-refractivity contribution in [2.75, 3.05) is 0 Å². The average molecular weight is 405 g/mol. The normalized spacial score (nSPS) is 14.0. The maximum absolute atomic E-state index is 6.32. The molecule has 2 aromatic carbocycles. The van der Waals surface area contributed by atoms with E-state index in [9.17, 15) is 0 Å². The van der Waals surface area contributed by atoms with Crippen LogP contribution in [0, 0.1) is 0 Å². The van der Waals surface area contributed by atoms with Gasteiger partial charge in [-0.05, 0) is 42.3 Å². The Bertz CT molecular complexity index is 621. The highest BCUT2D eigenvalue weighted by Gasteiger charge is 2.21. The van der Waals surface area contributed by atoms with Crippen LogP contribution in [0.25, 0.3) is 0 Å². The van der Waals surface area contributed by atoms with E-state index in [0.717, 1.165) is 15.8 Å². The maximum Gasteiger partial charge on any atom is 0.0543 e. The van der Waals surface area contributed by atoms with Gasteiger partial charge in [0, 0.05) is 25.7 Å². The molecule has 0 fully saturated rings. The number of rotatable bonds is 5. The lowest BCUT2D eigenvalue weighted by Gasteiger charge is -2.23. The van der Waals surface area contributed by atoms with Crippen LogP contribution in [0.2, 0.25) is 10.0 Å². The van der Waals surface area contributed by atoms with Crippen molar-refractivity contribution in [2.45, 2.75) is 29.5 Å². The van der Waals surface area contributed by atoms with Crippen LogP contribution >= 0.6 is 50.9 Å². The average Bonchev–Trinajstić information content (AvgIpc) is 2.47. The van der Waals surface area contributed by atoms with Gasteiger partial charge in [-0.2, -0.15) is 0 Å². The van der Waals surface area contributed by atoms with E-state index in [2.05, 4.69) is 35.0 Å². The van der Waals surface area contributed by atoms with E-state index in [0.29, 0.717) is 10.0 Å². The molecule has 0 saturated heterocycles. The molecule has 2 unspecified atom stereocenters. The molecule has 0 aliphatic rings. The SMILES string of the molecule is CCC(N)C(Sc1cc(Cl)ccc1Cl)c1cccc(Br)c1. The van der Waals surface area contributed by atoms with Crippen molar-refractivity contribution in [1.29, 1.82) is 0 Å². The van der Waals surface area contributed by atoms with Crippen molar-refractivity contribution >= 4 is 50.9 Å². The molecule has 2 N–H and O–H groups in total. The topological polar surface area (TPSA) is 26.0 Å². The first-order valence-electron chi connectivity index (χ1n) is 6.64. The lowest BCUT2D eigenvalue weighted by molar-refractivity contribution is 0.634. The monoisotopic (exact) mass is 403 g/mol. The molecule has 0 bridgehead atoms. The first-order chi connectivity index (χ1) is 10.0. The lowest BCUT2D eigenvalue weighted by atomic mass is 10.0. The van der Waals surface area contributed by atoms with Gasteiger partial charge in [-0.25, -0.2) is 0 Å². The fourth-order valence-electron chi connectivity index (χ4n) is 2.00. The van der Waals surface area contributed by atoms with Crippen LogP contribution in [0.1, 0.15) is 24.2 Å². The Hall–Kier alpha value is -0.190. The van der Waals surface area contributed by atoms with Crippen LogP contribution in [0.15, 0.2) is 51.8 Å². The number of nitrogens with two attached hydrogens (primary N) is 1. The third kappa shape index (κ3) is 4.64. The molecule has 2 atom stereocenters. The van der Waals surface area contributed by atoms with Gasteiger partial charge < -0.3 is 5.73 Å². The highest BCUT2D eigenvalue weighted by Crippen LogP contribution is 2.42. The quantitative estimate of drug-likeness (QED) is 0.589. The summed E-state index contributed by atoms with van der Waals surface area (Å²) in [6.07, 6.45) is 0.891. The van der Waals surface area contributed by atoms with Gasteiger partial charge in [0.15, 0.2) is 0 Å². The van der Waals surface area contributed by atoms with Crippen LogP contribution in [0.4, 0.5) is 0 Å². The molecule has 0 aromatic heterocycles. The predicted molar refractivity (Wildman–Crippen MR) is 97.5 cm³/mol. The minimum Gasteiger partial charge on any atom is -0.326 e. The first-order valence-corrected chi connectivity index (χ1v) is 9.07. The van der Waals surface area contributed by atoms with Gasteiger partial charge in [-0.15, -0.1) is 11.8 Å². The number of thioether (sulfide) groups is 1.